The maximum absolute atomic E-state index is 11.8. The van der Waals surface area contributed by atoms with E-state index in [-0.39, 0.29) is 12.0 Å². The molecule has 0 radical (unpaired) electrons. The number of benzene rings is 1. The van der Waals surface area contributed by atoms with Crippen molar-refractivity contribution in [3.8, 4) is 5.75 Å². The number of ether oxygens (including phenoxy) is 2. The molecule has 1 aliphatic rings. The lowest BCUT2D eigenvalue weighted by Crippen LogP contribution is -2.31. The van der Waals surface area contributed by atoms with Crippen molar-refractivity contribution in [2.45, 2.75) is 38.2 Å². The van der Waals surface area contributed by atoms with E-state index in [9.17, 15) is 4.79 Å². The third-order valence-electron chi connectivity index (χ3n) is 3.56. The zero-order valence-electron chi connectivity index (χ0n) is 12.1. The molecule has 0 bridgehead atoms. The van der Waals surface area contributed by atoms with Gasteiger partial charge in [0.1, 0.15) is 5.75 Å². The van der Waals surface area contributed by atoms with Gasteiger partial charge in [0.2, 0.25) is 5.91 Å². The molecule has 1 N–H and O–H groups in total. The molecule has 4 nitrogen and oxygen atoms in total. The predicted molar refractivity (Wildman–Crippen MR) is 77.9 cm³/mol. The molecule has 1 unspecified atom stereocenters. The molecular weight excluding hydrogens is 254 g/mol. The fourth-order valence-corrected chi connectivity index (χ4v) is 2.42. The minimum absolute atomic E-state index is 0.0831. The second kappa shape index (κ2) is 7.90. The van der Waals surface area contributed by atoms with Crippen LogP contribution in [0.25, 0.3) is 0 Å². The van der Waals surface area contributed by atoms with Crippen molar-refractivity contribution in [2.24, 2.45) is 0 Å². The van der Waals surface area contributed by atoms with E-state index in [1.807, 2.05) is 24.3 Å². The van der Waals surface area contributed by atoms with E-state index in [0.717, 1.165) is 31.6 Å². The monoisotopic (exact) mass is 277 g/mol. The summed E-state index contributed by atoms with van der Waals surface area (Å²) < 4.78 is 10.7. The molecule has 0 spiro atoms. The van der Waals surface area contributed by atoms with Crippen LogP contribution in [0.1, 0.15) is 31.2 Å². The van der Waals surface area contributed by atoms with Crippen LogP contribution in [-0.2, 0) is 16.0 Å². The Labute approximate surface area is 120 Å². The highest BCUT2D eigenvalue weighted by atomic mass is 16.5. The topological polar surface area (TPSA) is 47.6 Å². The van der Waals surface area contributed by atoms with Gasteiger partial charge >= 0.3 is 0 Å². The van der Waals surface area contributed by atoms with Crippen molar-refractivity contribution in [3.63, 3.8) is 0 Å². The number of methoxy groups -OCH3 is 1. The van der Waals surface area contributed by atoms with Crippen LogP contribution < -0.4 is 10.1 Å². The fourth-order valence-electron chi connectivity index (χ4n) is 2.42. The first-order valence-corrected chi connectivity index (χ1v) is 7.29. The SMILES string of the molecule is COc1cccc(CCNC(=O)CC2CCCCO2)c1. The lowest BCUT2D eigenvalue weighted by molar-refractivity contribution is -0.124. The summed E-state index contributed by atoms with van der Waals surface area (Å²) in [5, 5.41) is 2.96. The summed E-state index contributed by atoms with van der Waals surface area (Å²) in [6.07, 6.45) is 4.70. The molecule has 1 aliphatic heterocycles. The van der Waals surface area contributed by atoms with Crippen molar-refractivity contribution < 1.29 is 14.3 Å². The Kier molecular flexibility index (Phi) is 5.87. The molecule has 1 fully saturated rings. The first-order chi connectivity index (χ1) is 9.78. The highest BCUT2D eigenvalue weighted by Crippen LogP contribution is 2.15. The van der Waals surface area contributed by atoms with Gasteiger partial charge in [0, 0.05) is 13.2 Å². The summed E-state index contributed by atoms with van der Waals surface area (Å²) in [7, 11) is 1.66. The van der Waals surface area contributed by atoms with Gasteiger partial charge in [-0.3, -0.25) is 4.79 Å². The molecule has 0 saturated carbocycles. The number of amides is 1. The Bertz CT molecular complexity index is 427. The Morgan fingerprint density at radius 3 is 3.10 bits per heavy atom. The molecule has 4 heteroatoms. The zero-order valence-corrected chi connectivity index (χ0v) is 12.1. The number of carbonyl (C=O) groups excluding carboxylic acids is 1. The van der Waals surface area contributed by atoms with Crippen LogP contribution in [-0.4, -0.2) is 32.3 Å². The average molecular weight is 277 g/mol. The molecule has 0 aliphatic carbocycles. The molecule has 1 atom stereocenters. The van der Waals surface area contributed by atoms with Gasteiger partial charge in [-0.05, 0) is 43.4 Å². The highest BCUT2D eigenvalue weighted by molar-refractivity contribution is 5.76. The summed E-state index contributed by atoms with van der Waals surface area (Å²) in [5.41, 5.74) is 1.17. The summed E-state index contributed by atoms with van der Waals surface area (Å²) in [6, 6.07) is 7.92. The highest BCUT2D eigenvalue weighted by Gasteiger charge is 2.17. The van der Waals surface area contributed by atoms with Crippen molar-refractivity contribution in [2.75, 3.05) is 20.3 Å². The summed E-state index contributed by atoms with van der Waals surface area (Å²) >= 11 is 0. The Hall–Kier alpha value is -1.55. The standard InChI is InChI=1S/C16H23NO3/c1-19-14-7-4-5-13(11-14)8-9-17-16(18)12-15-6-2-3-10-20-15/h4-5,7,11,15H,2-3,6,8-10,12H2,1H3,(H,17,18). The minimum atomic E-state index is 0.0831. The van der Waals surface area contributed by atoms with Gasteiger partial charge in [-0.1, -0.05) is 12.1 Å². The molecule has 2 rings (SSSR count). The lowest BCUT2D eigenvalue weighted by Gasteiger charge is -2.21. The quantitative estimate of drug-likeness (QED) is 0.868. The first-order valence-electron chi connectivity index (χ1n) is 7.29. The molecule has 1 saturated heterocycles. The van der Waals surface area contributed by atoms with Crippen LogP contribution in [0, 0.1) is 0 Å². The third kappa shape index (κ3) is 4.85. The number of rotatable bonds is 6. The maximum Gasteiger partial charge on any atom is 0.222 e. The van der Waals surface area contributed by atoms with Crippen LogP contribution in [0.5, 0.6) is 5.75 Å². The molecule has 1 aromatic rings. The van der Waals surface area contributed by atoms with Gasteiger partial charge in [0.15, 0.2) is 0 Å². The van der Waals surface area contributed by atoms with E-state index in [0.29, 0.717) is 13.0 Å². The van der Waals surface area contributed by atoms with Crippen LogP contribution in [0.4, 0.5) is 0 Å². The molecule has 1 amide bonds. The van der Waals surface area contributed by atoms with E-state index in [4.69, 9.17) is 9.47 Å². The molecular formula is C16H23NO3. The van der Waals surface area contributed by atoms with Crippen molar-refractivity contribution in [1.29, 1.82) is 0 Å². The van der Waals surface area contributed by atoms with E-state index in [1.165, 1.54) is 12.0 Å². The van der Waals surface area contributed by atoms with Gasteiger partial charge in [0.25, 0.3) is 0 Å². The summed E-state index contributed by atoms with van der Waals surface area (Å²) in [4.78, 5) is 11.8. The van der Waals surface area contributed by atoms with Crippen molar-refractivity contribution in [1.82, 2.24) is 5.32 Å². The van der Waals surface area contributed by atoms with E-state index < -0.39 is 0 Å². The summed E-state index contributed by atoms with van der Waals surface area (Å²) in [6.45, 7) is 1.44. The second-order valence-electron chi connectivity index (χ2n) is 5.14. The van der Waals surface area contributed by atoms with Crippen molar-refractivity contribution >= 4 is 5.91 Å². The summed E-state index contributed by atoms with van der Waals surface area (Å²) in [5.74, 6) is 0.934. The van der Waals surface area contributed by atoms with Crippen LogP contribution in [0.3, 0.4) is 0 Å². The number of hydrogen-bond donors (Lipinski definition) is 1. The molecule has 1 heterocycles. The van der Waals surface area contributed by atoms with E-state index in [1.54, 1.807) is 7.11 Å². The molecule has 1 aromatic carbocycles. The first kappa shape index (κ1) is 14.9. The van der Waals surface area contributed by atoms with E-state index in [2.05, 4.69) is 5.32 Å². The Morgan fingerprint density at radius 2 is 2.35 bits per heavy atom. The average Bonchev–Trinajstić information content (AvgIpc) is 2.48. The Balaban J connectivity index is 1.67. The zero-order chi connectivity index (χ0) is 14.2. The predicted octanol–water partition coefficient (Wildman–Crippen LogP) is 2.31. The molecule has 0 aromatic heterocycles. The minimum Gasteiger partial charge on any atom is -0.497 e. The number of carbonyl (C=O) groups is 1. The molecule has 110 valence electrons. The Morgan fingerprint density at radius 1 is 1.45 bits per heavy atom. The van der Waals surface area contributed by atoms with Gasteiger partial charge in [-0.2, -0.15) is 0 Å². The van der Waals surface area contributed by atoms with Gasteiger partial charge in [-0.15, -0.1) is 0 Å². The second-order valence-corrected chi connectivity index (χ2v) is 5.14. The lowest BCUT2D eigenvalue weighted by atomic mass is 10.1. The van der Waals surface area contributed by atoms with Crippen LogP contribution in [0.2, 0.25) is 0 Å². The van der Waals surface area contributed by atoms with Crippen molar-refractivity contribution in [3.05, 3.63) is 29.8 Å². The molecule has 20 heavy (non-hydrogen) atoms. The third-order valence-corrected chi connectivity index (χ3v) is 3.56. The fraction of sp³-hybridized carbons (Fsp3) is 0.562. The van der Waals surface area contributed by atoms with Gasteiger partial charge in [0.05, 0.1) is 19.6 Å². The van der Waals surface area contributed by atoms with Gasteiger partial charge < -0.3 is 14.8 Å². The normalized spacial score (nSPS) is 18.6. The largest absolute Gasteiger partial charge is 0.497 e. The van der Waals surface area contributed by atoms with Gasteiger partial charge in [-0.25, -0.2) is 0 Å². The van der Waals surface area contributed by atoms with Crippen LogP contribution >= 0.6 is 0 Å². The number of nitrogens with one attached hydrogen (secondary N) is 1. The van der Waals surface area contributed by atoms with Crippen LogP contribution in [0.15, 0.2) is 24.3 Å². The maximum atomic E-state index is 11.8. The smallest absolute Gasteiger partial charge is 0.222 e. The number of hydrogen-bond acceptors (Lipinski definition) is 3. The van der Waals surface area contributed by atoms with E-state index >= 15 is 0 Å².